The van der Waals surface area contributed by atoms with E-state index < -0.39 is 11.8 Å². The molecule has 1 aliphatic rings. The van der Waals surface area contributed by atoms with Crippen LogP contribution < -0.4 is 5.32 Å². The van der Waals surface area contributed by atoms with Gasteiger partial charge in [-0.3, -0.25) is 0 Å². The number of halogens is 3. The van der Waals surface area contributed by atoms with Crippen LogP contribution in [0.15, 0.2) is 24.5 Å². The van der Waals surface area contributed by atoms with E-state index in [2.05, 4.69) is 20.4 Å². The smallest absolute Gasteiger partial charge is 0.227 e. The van der Waals surface area contributed by atoms with Crippen LogP contribution in [0.2, 0.25) is 10.2 Å². The average molecular weight is 467 g/mol. The SMILES string of the molecule is CN1CCC(c2cc3nc(Nc4cnn(CC(C)(C)O)c4Cl)ncc3cc2Cl)C(F)C1. The highest BCUT2D eigenvalue weighted by Crippen LogP contribution is 2.36. The summed E-state index contributed by atoms with van der Waals surface area (Å²) in [6.45, 7) is 4.82. The molecule has 7 nitrogen and oxygen atoms in total. The Morgan fingerprint density at radius 2 is 2.06 bits per heavy atom. The number of benzene rings is 1. The Labute approximate surface area is 190 Å². The Bertz CT molecular complexity index is 1100. The van der Waals surface area contributed by atoms with Gasteiger partial charge in [0.2, 0.25) is 5.95 Å². The number of hydrogen-bond acceptors (Lipinski definition) is 6. The lowest BCUT2D eigenvalue weighted by Crippen LogP contribution is -2.38. The van der Waals surface area contributed by atoms with Gasteiger partial charge in [0.25, 0.3) is 0 Å². The number of likely N-dealkylation sites (tertiary alicyclic amines) is 1. The molecule has 0 saturated carbocycles. The molecule has 3 aromatic rings. The van der Waals surface area contributed by atoms with Crippen molar-refractivity contribution in [3.63, 3.8) is 0 Å². The van der Waals surface area contributed by atoms with E-state index in [1.54, 1.807) is 32.3 Å². The van der Waals surface area contributed by atoms with Gasteiger partial charge in [-0.15, -0.1) is 0 Å². The maximum absolute atomic E-state index is 14.7. The molecule has 2 aromatic heterocycles. The molecule has 2 unspecified atom stereocenters. The zero-order chi connectivity index (χ0) is 22.3. The van der Waals surface area contributed by atoms with Crippen molar-refractivity contribution >= 4 is 45.7 Å². The molecule has 1 aromatic carbocycles. The predicted octanol–water partition coefficient (Wildman–Crippen LogP) is 4.40. The molecule has 3 heterocycles. The van der Waals surface area contributed by atoms with Crippen LogP contribution in [0.3, 0.4) is 0 Å². The summed E-state index contributed by atoms with van der Waals surface area (Å²) in [4.78, 5) is 10.9. The summed E-state index contributed by atoms with van der Waals surface area (Å²) >= 11 is 12.9. The molecular weight excluding hydrogens is 442 g/mol. The molecule has 0 aliphatic carbocycles. The maximum Gasteiger partial charge on any atom is 0.227 e. The highest BCUT2D eigenvalue weighted by molar-refractivity contribution is 6.32. The van der Waals surface area contributed by atoms with E-state index in [1.165, 1.54) is 4.68 Å². The van der Waals surface area contributed by atoms with Crippen LogP contribution in [0, 0.1) is 0 Å². The van der Waals surface area contributed by atoms with Crippen molar-refractivity contribution in [1.29, 1.82) is 0 Å². The second-order valence-electron chi connectivity index (χ2n) is 8.74. The molecule has 1 aliphatic heterocycles. The zero-order valence-corrected chi connectivity index (χ0v) is 19.1. The van der Waals surface area contributed by atoms with E-state index >= 15 is 0 Å². The molecular formula is C21H25Cl2FN6O. The molecule has 0 bridgehead atoms. The Balaban J connectivity index is 1.61. The molecule has 166 valence electrons. The van der Waals surface area contributed by atoms with Crippen molar-refractivity contribution in [3.05, 3.63) is 40.3 Å². The maximum atomic E-state index is 14.7. The second kappa shape index (κ2) is 8.50. The van der Waals surface area contributed by atoms with Crippen LogP contribution in [0.1, 0.15) is 31.7 Å². The first-order valence-electron chi connectivity index (χ1n) is 10.1. The summed E-state index contributed by atoms with van der Waals surface area (Å²) in [7, 11) is 1.92. The first kappa shape index (κ1) is 22.2. The summed E-state index contributed by atoms with van der Waals surface area (Å²) in [6, 6.07) is 3.64. The van der Waals surface area contributed by atoms with Gasteiger partial charge in [-0.25, -0.2) is 19.0 Å². The molecule has 4 rings (SSSR count). The van der Waals surface area contributed by atoms with E-state index in [0.717, 1.165) is 17.5 Å². The van der Waals surface area contributed by atoms with E-state index in [9.17, 15) is 9.50 Å². The summed E-state index contributed by atoms with van der Waals surface area (Å²) in [5, 5.41) is 18.9. The van der Waals surface area contributed by atoms with Crippen LogP contribution in [0.5, 0.6) is 0 Å². The highest BCUT2D eigenvalue weighted by Gasteiger charge is 2.30. The van der Waals surface area contributed by atoms with E-state index in [1.807, 2.05) is 18.0 Å². The Morgan fingerprint density at radius 1 is 1.29 bits per heavy atom. The van der Waals surface area contributed by atoms with Gasteiger partial charge in [0.1, 0.15) is 6.17 Å². The lowest BCUT2D eigenvalue weighted by molar-refractivity contribution is 0.0578. The average Bonchev–Trinajstić information content (AvgIpc) is 3.00. The minimum absolute atomic E-state index is 0.245. The topological polar surface area (TPSA) is 79.1 Å². The van der Waals surface area contributed by atoms with Crippen molar-refractivity contribution in [2.75, 3.05) is 25.5 Å². The van der Waals surface area contributed by atoms with E-state index in [4.69, 9.17) is 23.2 Å². The van der Waals surface area contributed by atoms with Gasteiger partial charge in [0, 0.05) is 29.1 Å². The fourth-order valence-electron chi connectivity index (χ4n) is 3.87. The lowest BCUT2D eigenvalue weighted by Gasteiger charge is -2.33. The first-order chi connectivity index (χ1) is 14.6. The quantitative estimate of drug-likeness (QED) is 0.579. The minimum atomic E-state index is -0.978. The number of alkyl halides is 1. The number of nitrogens with zero attached hydrogens (tertiary/aromatic N) is 5. The number of piperidine rings is 1. The standard InChI is InChI=1S/C21H25Cl2FN6O/c1-21(2,31)11-30-19(23)18(9-26-30)28-20-25-8-12-6-15(22)14(7-17(12)27-20)13-4-5-29(3)10-16(13)24/h6-9,13,16,31H,4-5,10-11H2,1-3H3,(H,25,27,28). The number of fused-ring (bicyclic) bond motifs is 1. The van der Waals surface area contributed by atoms with Gasteiger partial charge in [0.05, 0.1) is 29.5 Å². The van der Waals surface area contributed by atoms with Crippen LogP contribution in [-0.4, -0.2) is 61.7 Å². The zero-order valence-electron chi connectivity index (χ0n) is 17.6. The summed E-state index contributed by atoms with van der Waals surface area (Å²) in [5.41, 5.74) is 1.02. The second-order valence-corrected chi connectivity index (χ2v) is 9.51. The highest BCUT2D eigenvalue weighted by atomic mass is 35.5. The third-order valence-corrected chi connectivity index (χ3v) is 6.13. The van der Waals surface area contributed by atoms with Crippen LogP contribution in [-0.2, 0) is 6.54 Å². The fraction of sp³-hybridized carbons (Fsp3) is 0.476. The lowest BCUT2D eigenvalue weighted by atomic mass is 9.87. The fourth-order valence-corrected chi connectivity index (χ4v) is 4.38. The third-order valence-electron chi connectivity index (χ3n) is 5.40. The molecule has 2 atom stereocenters. The molecule has 31 heavy (non-hydrogen) atoms. The van der Waals surface area contributed by atoms with Gasteiger partial charge >= 0.3 is 0 Å². The molecule has 1 saturated heterocycles. The number of rotatable bonds is 5. The van der Waals surface area contributed by atoms with Gasteiger partial charge in [0.15, 0.2) is 5.15 Å². The van der Waals surface area contributed by atoms with Crippen molar-refractivity contribution < 1.29 is 9.50 Å². The van der Waals surface area contributed by atoms with Gasteiger partial charge in [-0.2, -0.15) is 5.10 Å². The number of aromatic nitrogens is 4. The predicted molar refractivity (Wildman–Crippen MR) is 121 cm³/mol. The summed E-state index contributed by atoms with van der Waals surface area (Å²) in [5.74, 6) is 0.0830. The Hall–Kier alpha value is -2.00. The normalized spacial score (nSPS) is 20.4. The van der Waals surface area contributed by atoms with Crippen LogP contribution in [0.4, 0.5) is 16.0 Å². The first-order valence-corrected chi connectivity index (χ1v) is 10.9. The number of aliphatic hydroxyl groups is 1. The molecule has 0 spiro atoms. The summed E-state index contributed by atoms with van der Waals surface area (Å²) < 4.78 is 16.2. The van der Waals surface area contributed by atoms with E-state index in [-0.39, 0.29) is 12.5 Å². The van der Waals surface area contributed by atoms with Crippen molar-refractivity contribution in [2.24, 2.45) is 0 Å². The molecule has 0 radical (unpaired) electrons. The molecule has 2 N–H and O–H groups in total. The van der Waals surface area contributed by atoms with Gasteiger partial charge in [-0.1, -0.05) is 23.2 Å². The van der Waals surface area contributed by atoms with Gasteiger partial charge < -0.3 is 15.3 Å². The molecule has 0 amide bonds. The van der Waals surface area contributed by atoms with Crippen molar-refractivity contribution in [2.45, 2.75) is 44.5 Å². The number of nitrogens with one attached hydrogen (secondary N) is 1. The Kier molecular flexibility index (Phi) is 6.09. The van der Waals surface area contributed by atoms with E-state index in [0.29, 0.717) is 40.3 Å². The van der Waals surface area contributed by atoms with Crippen LogP contribution >= 0.6 is 23.2 Å². The third kappa shape index (κ3) is 4.92. The summed E-state index contributed by atoms with van der Waals surface area (Å²) in [6.07, 6.45) is 2.95. The number of hydrogen-bond donors (Lipinski definition) is 2. The van der Waals surface area contributed by atoms with Gasteiger partial charge in [-0.05, 0) is 51.6 Å². The van der Waals surface area contributed by atoms with Crippen molar-refractivity contribution in [1.82, 2.24) is 24.6 Å². The monoisotopic (exact) mass is 466 g/mol. The number of anilines is 2. The molecule has 1 fully saturated rings. The largest absolute Gasteiger partial charge is 0.389 e. The Morgan fingerprint density at radius 3 is 2.77 bits per heavy atom. The van der Waals surface area contributed by atoms with Crippen molar-refractivity contribution in [3.8, 4) is 0 Å². The van der Waals surface area contributed by atoms with Crippen LogP contribution in [0.25, 0.3) is 10.9 Å². The molecule has 10 heteroatoms. The minimum Gasteiger partial charge on any atom is -0.389 e.